The van der Waals surface area contributed by atoms with Gasteiger partial charge in [0.15, 0.2) is 5.11 Å². The largest absolute Gasteiger partial charge is 0.497 e. The number of aromatic nitrogens is 2. The number of halogens is 3. The van der Waals surface area contributed by atoms with Crippen molar-refractivity contribution in [2.75, 3.05) is 7.11 Å². The predicted molar refractivity (Wildman–Crippen MR) is 144 cm³/mol. The minimum atomic E-state index is -4.42. The first kappa shape index (κ1) is 25.8. The Bertz CT molecular complexity index is 1450. The fourth-order valence-corrected chi connectivity index (χ4v) is 5.45. The van der Waals surface area contributed by atoms with Gasteiger partial charge in [0.05, 0.1) is 30.5 Å². The molecule has 0 unspecified atom stereocenters. The first-order valence-electron chi connectivity index (χ1n) is 12.1. The summed E-state index contributed by atoms with van der Waals surface area (Å²) in [6.07, 6.45) is -2.68. The molecular weight excluding hydrogens is 509 g/mol. The molecule has 0 aliphatic carbocycles. The number of methoxy groups -OCH3 is 1. The monoisotopic (exact) mass is 536 g/mol. The van der Waals surface area contributed by atoms with E-state index in [1.54, 1.807) is 19.4 Å². The second-order valence-corrected chi connectivity index (χ2v) is 9.70. The maximum Gasteiger partial charge on any atom is 0.416 e. The lowest BCUT2D eigenvalue weighted by Crippen LogP contribution is -2.29. The summed E-state index contributed by atoms with van der Waals surface area (Å²) < 4.78 is 47.6. The first-order valence-corrected chi connectivity index (χ1v) is 12.6. The van der Waals surface area contributed by atoms with Gasteiger partial charge in [-0.25, -0.2) is 0 Å². The highest BCUT2D eigenvalue weighted by Gasteiger charge is 2.41. The molecule has 1 N–H and O–H groups in total. The van der Waals surface area contributed by atoms with Gasteiger partial charge >= 0.3 is 6.18 Å². The number of benzene rings is 2. The summed E-state index contributed by atoms with van der Waals surface area (Å²) in [5.74, 6) is 0.767. The summed E-state index contributed by atoms with van der Waals surface area (Å²) in [5.41, 5.74) is 4.31. The van der Waals surface area contributed by atoms with E-state index in [1.165, 1.54) is 12.1 Å². The lowest BCUT2D eigenvalue weighted by atomic mass is 9.96. The fraction of sp³-hybridized carbons (Fsp3) is 0.241. The van der Waals surface area contributed by atoms with Crippen molar-refractivity contribution >= 4 is 17.3 Å². The molecule has 38 heavy (non-hydrogen) atoms. The molecule has 0 saturated carbocycles. The van der Waals surface area contributed by atoms with Crippen molar-refractivity contribution in [3.8, 4) is 11.4 Å². The van der Waals surface area contributed by atoms with Gasteiger partial charge in [-0.05, 0) is 85.7 Å². The molecule has 0 radical (unpaired) electrons. The number of ether oxygens (including phenoxy) is 1. The topological polar surface area (TPSA) is 42.3 Å². The molecule has 2 aromatic heterocycles. The Kier molecular flexibility index (Phi) is 6.88. The van der Waals surface area contributed by atoms with Gasteiger partial charge in [-0.2, -0.15) is 13.2 Å². The van der Waals surface area contributed by atoms with Crippen LogP contribution in [0.1, 0.15) is 45.9 Å². The molecule has 1 saturated heterocycles. The van der Waals surface area contributed by atoms with E-state index in [0.717, 1.165) is 40.0 Å². The summed E-state index contributed by atoms with van der Waals surface area (Å²) in [4.78, 5) is 6.71. The predicted octanol–water partition coefficient (Wildman–Crippen LogP) is 6.69. The van der Waals surface area contributed by atoms with Gasteiger partial charge in [0.25, 0.3) is 0 Å². The van der Waals surface area contributed by atoms with Crippen molar-refractivity contribution in [2.45, 2.75) is 38.7 Å². The molecule has 3 heterocycles. The normalized spacial score (nSPS) is 17.5. The summed E-state index contributed by atoms with van der Waals surface area (Å²) >= 11 is 5.81. The molecule has 5 nitrogen and oxygen atoms in total. The molecule has 1 aliphatic rings. The zero-order valence-electron chi connectivity index (χ0n) is 21.2. The van der Waals surface area contributed by atoms with Crippen molar-refractivity contribution in [3.05, 3.63) is 113 Å². The summed E-state index contributed by atoms with van der Waals surface area (Å²) in [6.45, 7) is 4.38. The van der Waals surface area contributed by atoms with Crippen LogP contribution < -0.4 is 10.1 Å². The summed E-state index contributed by atoms with van der Waals surface area (Å²) in [5, 5.41) is 4.04. The number of nitrogens with one attached hydrogen (secondary N) is 1. The number of alkyl halides is 3. The van der Waals surface area contributed by atoms with Gasteiger partial charge in [0.2, 0.25) is 0 Å². The van der Waals surface area contributed by atoms with E-state index >= 15 is 0 Å². The second-order valence-electron chi connectivity index (χ2n) is 9.31. The number of hydrogen-bond acceptors (Lipinski definition) is 3. The smallest absolute Gasteiger partial charge is 0.416 e. The molecule has 1 fully saturated rings. The van der Waals surface area contributed by atoms with Gasteiger partial charge < -0.3 is 19.5 Å². The molecule has 0 bridgehead atoms. The summed E-state index contributed by atoms with van der Waals surface area (Å²) in [7, 11) is 1.63. The second kappa shape index (κ2) is 10.1. The maximum absolute atomic E-state index is 13.5. The number of pyridine rings is 1. The number of nitrogens with zero attached hydrogens (tertiary/aromatic N) is 3. The average Bonchev–Trinajstić information content (AvgIpc) is 3.39. The Morgan fingerprint density at radius 3 is 2.42 bits per heavy atom. The van der Waals surface area contributed by atoms with Crippen LogP contribution in [0.5, 0.6) is 5.75 Å². The minimum absolute atomic E-state index is 0.231. The number of thiocarbonyl (C=S) groups is 1. The van der Waals surface area contributed by atoms with Gasteiger partial charge in [0, 0.05) is 29.8 Å². The number of rotatable bonds is 6. The van der Waals surface area contributed by atoms with E-state index in [9.17, 15) is 13.2 Å². The van der Waals surface area contributed by atoms with Crippen LogP contribution in [0.25, 0.3) is 5.69 Å². The zero-order chi connectivity index (χ0) is 27.0. The van der Waals surface area contributed by atoms with E-state index in [2.05, 4.69) is 15.2 Å². The lowest BCUT2D eigenvalue weighted by Gasteiger charge is -2.28. The van der Waals surface area contributed by atoms with E-state index in [4.69, 9.17) is 17.0 Å². The Morgan fingerprint density at radius 1 is 1.00 bits per heavy atom. The van der Waals surface area contributed by atoms with Crippen molar-refractivity contribution in [2.24, 2.45) is 0 Å². The Morgan fingerprint density at radius 2 is 1.76 bits per heavy atom. The van der Waals surface area contributed by atoms with Crippen LogP contribution in [0, 0.1) is 13.8 Å². The highest BCUT2D eigenvalue weighted by atomic mass is 32.1. The minimum Gasteiger partial charge on any atom is -0.497 e. The molecule has 2 aromatic carbocycles. The third-order valence-corrected chi connectivity index (χ3v) is 7.28. The van der Waals surface area contributed by atoms with Gasteiger partial charge in [-0.3, -0.25) is 4.98 Å². The van der Waals surface area contributed by atoms with Crippen LogP contribution in [0.2, 0.25) is 0 Å². The lowest BCUT2D eigenvalue weighted by molar-refractivity contribution is -0.137. The van der Waals surface area contributed by atoms with Crippen molar-refractivity contribution < 1.29 is 17.9 Å². The SMILES string of the molecule is COc1ccc(CN2C(=S)N[C@H](c3ccccn3)[C@H]2c2cc(C)n(-c3cccc(C(F)(F)F)c3)c2C)cc1. The van der Waals surface area contributed by atoms with Crippen LogP contribution in [0.4, 0.5) is 13.2 Å². The molecule has 196 valence electrons. The van der Waals surface area contributed by atoms with Crippen LogP contribution in [0.15, 0.2) is 79.0 Å². The van der Waals surface area contributed by atoms with E-state index in [1.807, 2.05) is 66.9 Å². The summed E-state index contributed by atoms with van der Waals surface area (Å²) in [6, 6.07) is 20.5. The first-order chi connectivity index (χ1) is 18.2. The molecule has 0 amide bonds. The molecule has 9 heteroatoms. The van der Waals surface area contributed by atoms with Crippen LogP contribution in [-0.2, 0) is 12.7 Å². The van der Waals surface area contributed by atoms with Crippen molar-refractivity contribution in [1.82, 2.24) is 19.8 Å². The average molecular weight is 537 g/mol. The Balaban J connectivity index is 1.60. The van der Waals surface area contributed by atoms with E-state index < -0.39 is 11.7 Å². The molecule has 4 aromatic rings. The zero-order valence-corrected chi connectivity index (χ0v) is 22.0. The molecular formula is C29H27F3N4OS. The van der Waals surface area contributed by atoms with Crippen LogP contribution in [0.3, 0.4) is 0 Å². The van der Waals surface area contributed by atoms with E-state index in [0.29, 0.717) is 17.3 Å². The Hall–Kier alpha value is -3.85. The molecule has 2 atom stereocenters. The third kappa shape index (κ3) is 4.86. The maximum atomic E-state index is 13.5. The van der Waals surface area contributed by atoms with Gasteiger partial charge in [-0.1, -0.05) is 24.3 Å². The van der Waals surface area contributed by atoms with Crippen molar-refractivity contribution in [3.63, 3.8) is 0 Å². The molecule has 0 spiro atoms. The highest BCUT2D eigenvalue weighted by Crippen LogP contribution is 2.42. The third-order valence-electron chi connectivity index (χ3n) is 6.93. The standard InChI is InChI=1S/C29H27F3N4OS/c1-18-15-24(19(2)36(18)22-8-6-7-21(16-22)29(30,31)32)27-26(25-9-4-5-14-33-25)34-28(38)35(27)17-20-10-12-23(37-3)13-11-20/h4-16,26-27H,17H2,1-3H3,(H,34,38)/t26-,27-/m1/s1. The van der Waals surface area contributed by atoms with E-state index in [-0.39, 0.29) is 12.1 Å². The quantitative estimate of drug-likeness (QED) is 0.278. The van der Waals surface area contributed by atoms with Crippen LogP contribution >= 0.6 is 12.2 Å². The Labute approximate surface area is 224 Å². The number of aryl methyl sites for hydroxylation is 1. The van der Waals surface area contributed by atoms with Crippen molar-refractivity contribution in [1.29, 1.82) is 0 Å². The highest BCUT2D eigenvalue weighted by molar-refractivity contribution is 7.80. The fourth-order valence-electron chi connectivity index (χ4n) is 5.15. The van der Waals surface area contributed by atoms with Gasteiger partial charge in [-0.15, -0.1) is 0 Å². The van der Waals surface area contributed by atoms with Crippen LogP contribution in [-0.4, -0.2) is 26.7 Å². The number of hydrogen-bond donors (Lipinski definition) is 1. The van der Waals surface area contributed by atoms with Gasteiger partial charge in [0.1, 0.15) is 5.75 Å². The molecule has 1 aliphatic heterocycles. The molecule has 5 rings (SSSR count).